The number of carbonyl (C=O) groups excluding carboxylic acids is 1. The number of hydrogen-bond donors (Lipinski definition) is 3. The number of ether oxygens (including phenoxy) is 1. The van der Waals surface area contributed by atoms with Crippen molar-refractivity contribution in [2.75, 3.05) is 19.5 Å². The molecule has 0 aliphatic carbocycles. The van der Waals surface area contributed by atoms with Crippen molar-refractivity contribution in [2.24, 2.45) is 0 Å². The Morgan fingerprint density at radius 3 is 2.79 bits per heavy atom. The lowest BCUT2D eigenvalue weighted by molar-refractivity contribution is -0.143. The first-order valence-corrected chi connectivity index (χ1v) is 5.88. The van der Waals surface area contributed by atoms with Gasteiger partial charge in [0.15, 0.2) is 6.04 Å². The van der Waals surface area contributed by atoms with Gasteiger partial charge in [0.1, 0.15) is 0 Å². The number of nitrogen functional groups attached to an aromatic ring is 1. The van der Waals surface area contributed by atoms with Crippen molar-refractivity contribution in [2.45, 2.75) is 18.9 Å². The number of hydrogen-bond acceptors (Lipinski definition) is 4. The van der Waals surface area contributed by atoms with Gasteiger partial charge in [-0.1, -0.05) is 12.1 Å². The van der Waals surface area contributed by atoms with Crippen LogP contribution in [-0.2, 0) is 20.7 Å². The van der Waals surface area contributed by atoms with Crippen LogP contribution in [0.1, 0.15) is 12.0 Å². The van der Waals surface area contributed by atoms with Crippen molar-refractivity contribution in [1.82, 2.24) is 5.32 Å². The number of rotatable bonds is 7. The van der Waals surface area contributed by atoms with E-state index in [1.165, 1.54) is 7.11 Å². The fourth-order valence-electron chi connectivity index (χ4n) is 1.61. The molecule has 1 rings (SSSR count). The topological polar surface area (TPSA) is 102 Å². The summed E-state index contributed by atoms with van der Waals surface area (Å²) in [5.74, 6) is -1.44. The van der Waals surface area contributed by atoms with E-state index < -0.39 is 12.0 Å². The SMILES string of the molecule is COCC(NC(=O)CCc1cccc(N)c1)C(=O)O. The van der Waals surface area contributed by atoms with E-state index in [1.807, 2.05) is 12.1 Å². The number of aliphatic carboxylic acids is 1. The highest BCUT2D eigenvalue weighted by Gasteiger charge is 2.19. The first kappa shape index (κ1) is 15.0. The lowest BCUT2D eigenvalue weighted by atomic mass is 10.1. The first-order valence-electron chi connectivity index (χ1n) is 5.88. The van der Waals surface area contributed by atoms with Gasteiger partial charge in [-0.05, 0) is 24.1 Å². The maximum absolute atomic E-state index is 11.6. The number of aryl methyl sites for hydroxylation is 1. The number of nitrogens with one attached hydrogen (secondary N) is 1. The zero-order chi connectivity index (χ0) is 14.3. The number of methoxy groups -OCH3 is 1. The molecule has 6 nitrogen and oxygen atoms in total. The maximum Gasteiger partial charge on any atom is 0.328 e. The summed E-state index contributed by atoms with van der Waals surface area (Å²) in [5.41, 5.74) is 7.21. The largest absolute Gasteiger partial charge is 0.480 e. The normalized spacial score (nSPS) is 11.8. The van der Waals surface area contributed by atoms with Crippen molar-refractivity contribution in [3.8, 4) is 0 Å². The molecule has 4 N–H and O–H groups in total. The third kappa shape index (κ3) is 5.39. The lowest BCUT2D eigenvalue weighted by Gasteiger charge is -2.13. The Morgan fingerprint density at radius 1 is 1.47 bits per heavy atom. The van der Waals surface area contributed by atoms with Crippen LogP contribution in [0.15, 0.2) is 24.3 Å². The summed E-state index contributed by atoms with van der Waals surface area (Å²) in [6, 6.07) is 6.22. The summed E-state index contributed by atoms with van der Waals surface area (Å²) in [6.45, 7) is -0.0562. The van der Waals surface area contributed by atoms with Gasteiger partial charge in [0.05, 0.1) is 6.61 Å². The monoisotopic (exact) mass is 266 g/mol. The zero-order valence-electron chi connectivity index (χ0n) is 10.8. The number of anilines is 1. The van der Waals surface area contributed by atoms with Crippen LogP contribution in [0.25, 0.3) is 0 Å². The molecule has 6 heteroatoms. The molecule has 0 radical (unpaired) electrons. The maximum atomic E-state index is 11.6. The quantitative estimate of drug-likeness (QED) is 0.621. The Bertz CT molecular complexity index is 448. The molecular formula is C13H18N2O4. The standard InChI is InChI=1S/C13H18N2O4/c1-19-8-11(13(17)18)15-12(16)6-5-9-3-2-4-10(14)7-9/h2-4,7,11H,5-6,8,14H2,1H3,(H,15,16)(H,17,18). The smallest absolute Gasteiger partial charge is 0.328 e. The van der Waals surface area contributed by atoms with E-state index in [4.69, 9.17) is 15.6 Å². The third-order valence-electron chi connectivity index (χ3n) is 2.56. The molecule has 0 aliphatic heterocycles. The van der Waals surface area contributed by atoms with Crippen LogP contribution < -0.4 is 11.1 Å². The number of carboxylic acid groups (broad SMARTS) is 1. The van der Waals surface area contributed by atoms with Gasteiger partial charge in [-0.2, -0.15) is 0 Å². The second kappa shape index (κ2) is 7.38. The Balaban J connectivity index is 2.44. The zero-order valence-corrected chi connectivity index (χ0v) is 10.8. The highest BCUT2D eigenvalue weighted by molar-refractivity contribution is 5.83. The van der Waals surface area contributed by atoms with Gasteiger partial charge in [0, 0.05) is 19.2 Å². The fraction of sp³-hybridized carbons (Fsp3) is 0.385. The van der Waals surface area contributed by atoms with E-state index >= 15 is 0 Å². The Hall–Kier alpha value is -2.08. The molecule has 0 saturated heterocycles. The van der Waals surface area contributed by atoms with E-state index in [1.54, 1.807) is 12.1 Å². The molecule has 0 aliphatic rings. The lowest BCUT2D eigenvalue weighted by Crippen LogP contribution is -2.43. The van der Waals surface area contributed by atoms with Gasteiger partial charge < -0.3 is 20.9 Å². The summed E-state index contributed by atoms with van der Waals surface area (Å²) in [4.78, 5) is 22.5. The summed E-state index contributed by atoms with van der Waals surface area (Å²) in [6.07, 6.45) is 0.715. The average molecular weight is 266 g/mol. The van der Waals surface area contributed by atoms with Crippen LogP contribution >= 0.6 is 0 Å². The molecule has 0 bridgehead atoms. The first-order chi connectivity index (χ1) is 9.02. The molecule has 0 fully saturated rings. The van der Waals surface area contributed by atoms with Crippen LogP contribution in [-0.4, -0.2) is 36.7 Å². The minimum Gasteiger partial charge on any atom is -0.480 e. The summed E-state index contributed by atoms with van der Waals surface area (Å²) in [5, 5.41) is 11.3. The summed E-state index contributed by atoms with van der Waals surface area (Å²) < 4.78 is 4.73. The van der Waals surface area contributed by atoms with E-state index in [0.717, 1.165) is 5.56 Å². The Morgan fingerprint density at radius 2 is 2.21 bits per heavy atom. The predicted molar refractivity (Wildman–Crippen MR) is 70.6 cm³/mol. The Labute approximate surface area is 111 Å². The molecular weight excluding hydrogens is 248 g/mol. The molecule has 1 amide bonds. The number of benzene rings is 1. The van der Waals surface area contributed by atoms with Crippen molar-refractivity contribution in [1.29, 1.82) is 0 Å². The van der Waals surface area contributed by atoms with Crippen molar-refractivity contribution in [3.63, 3.8) is 0 Å². The van der Waals surface area contributed by atoms with E-state index in [-0.39, 0.29) is 18.9 Å². The van der Waals surface area contributed by atoms with Gasteiger partial charge in [-0.15, -0.1) is 0 Å². The van der Waals surface area contributed by atoms with Crippen molar-refractivity contribution >= 4 is 17.6 Å². The van der Waals surface area contributed by atoms with Crippen LogP contribution in [0, 0.1) is 0 Å². The number of carbonyl (C=O) groups is 2. The third-order valence-corrected chi connectivity index (χ3v) is 2.56. The molecule has 0 aromatic heterocycles. The molecule has 19 heavy (non-hydrogen) atoms. The molecule has 0 spiro atoms. The summed E-state index contributed by atoms with van der Waals surface area (Å²) in [7, 11) is 1.38. The Kier molecular flexibility index (Phi) is 5.81. The van der Waals surface area contributed by atoms with Crippen molar-refractivity contribution in [3.05, 3.63) is 29.8 Å². The van der Waals surface area contributed by atoms with Gasteiger partial charge in [-0.3, -0.25) is 4.79 Å². The van der Waals surface area contributed by atoms with Gasteiger partial charge >= 0.3 is 5.97 Å². The molecule has 1 atom stereocenters. The number of carboxylic acids is 1. The average Bonchev–Trinajstić information content (AvgIpc) is 2.36. The van der Waals surface area contributed by atoms with E-state index in [2.05, 4.69) is 5.32 Å². The van der Waals surface area contributed by atoms with Crippen LogP contribution in [0.3, 0.4) is 0 Å². The van der Waals surface area contributed by atoms with Crippen LogP contribution in [0.5, 0.6) is 0 Å². The second-order valence-corrected chi connectivity index (χ2v) is 4.16. The highest BCUT2D eigenvalue weighted by Crippen LogP contribution is 2.08. The van der Waals surface area contributed by atoms with Crippen LogP contribution in [0.4, 0.5) is 5.69 Å². The molecule has 1 aromatic carbocycles. The molecule has 0 saturated carbocycles. The van der Waals surface area contributed by atoms with Gasteiger partial charge in [0.2, 0.25) is 5.91 Å². The molecule has 1 unspecified atom stereocenters. The van der Waals surface area contributed by atoms with Crippen molar-refractivity contribution < 1.29 is 19.4 Å². The number of amides is 1. The van der Waals surface area contributed by atoms with E-state index in [9.17, 15) is 9.59 Å². The number of nitrogens with two attached hydrogens (primary N) is 1. The van der Waals surface area contributed by atoms with Gasteiger partial charge in [0.25, 0.3) is 0 Å². The minimum atomic E-state index is -1.11. The molecule has 1 aromatic rings. The minimum absolute atomic E-state index is 0.0562. The predicted octanol–water partition coefficient (Wildman–Crippen LogP) is 0.417. The van der Waals surface area contributed by atoms with E-state index in [0.29, 0.717) is 12.1 Å². The van der Waals surface area contributed by atoms with Gasteiger partial charge in [-0.25, -0.2) is 4.79 Å². The molecule has 0 heterocycles. The fourth-order valence-corrected chi connectivity index (χ4v) is 1.61. The van der Waals surface area contributed by atoms with Crippen LogP contribution in [0.2, 0.25) is 0 Å². The second-order valence-electron chi connectivity index (χ2n) is 4.16. The highest BCUT2D eigenvalue weighted by atomic mass is 16.5. The molecule has 104 valence electrons. The summed E-state index contributed by atoms with van der Waals surface area (Å²) >= 11 is 0.